The van der Waals surface area contributed by atoms with Gasteiger partial charge in [0.1, 0.15) is 19.0 Å². The van der Waals surface area contributed by atoms with Crippen molar-refractivity contribution in [3.63, 3.8) is 0 Å². The standard InChI is InChI=1S/C21H23ClN2O5/c1-27-13-14-29-21-15(22)5-4-6-16(21)23-19(25)9-10-20(26)24-11-12-28-18-8-3-2-7-17(18)24/h2-8H,9-14H2,1H3,(H,23,25). The van der Waals surface area contributed by atoms with Gasteiger partial charge in [-0.3, -0.25) is 9.59 Å². The lowest BCUT2D eigenvalue weighted by Crippen LogP contribution is -2.38. The maximum atomic E-state index is 12.6. The molecule has 3 rings (SSSR count). The summed E-state index contributed by atoms with van der Waals surface area (Å²) in [5.74, 6) is 0.638. The van der Waals surface area contributed by atoms with Crippen LogP contribution in [0.1, 0.15) is 12.8 Å². The van der Waals surface area contributed by atoms with Crippen LogP contribution in [0.4, 0.5) is 11.4 Å². The van der Waals surface area contributed by atoms with Crippen molar-refractivity contribution >= 4 is 34.8 Å². The van der Waals surface area contributed by atoms with E-state index in [2.05, 4.69) is 5.32 Å². The van der Waals surface area contributed by atoms with Crippen LogP contribution in [0.3, 0.4) is 0 Å². The van der Waals surface area contributed by atoms with E-state index in [0.717, 1.165) is 5.69 Å². The van der Waals surface area contributed by atoms with Crippen LogP contribution in [0.15, 0.2) is 42.5 Å². The van der Waals surface area contributed by atoms with Crippen molar-refractivity contribution in [2.45, 2.75) is 12.8 Å². The summed E-state index contributed by atoms with van der Waals surface area (Å²) in [5.41, 5.74) is 1.19. The number of hydrogen-bond acceptors (Lipinski definition) is 5. The summed E-state index contributed by atoms with van der Waals surface area (Å²) in [5, 5.41) is 3.16. The lowest BCUT2D eigenvalue weighted by atomic mass is 10.2. The average molecular weight is 419 g/mol. The monoisotopic (exact) mass is 418 g/mol. The number of benzene rings is 2. The molecule has 0 aromatic heterocycles. The van der Waals surface area contributed by atoms with Crippen molar-refractivity contribution in [2.75, 3.05) is 43.7 Å². The molecule has 0 radical (unpaired) electrons. The number of nitrogens with zero attached hydrogens (tertiary/aromatic N) is 1. The largest absolute Gasteiger partial charge is 0.490 e. The highest BCUT2D eigenvalue weighted by Gasteiger charge is 2.23. The van der Waals surface area contributed by atoms with Gasteiger partial charge < -0.3 is 24.4 Å². The highest BCUT2D eigenvalue weighted by atomic mass is 35.5. The van der Waals surface area contributed by atoms with Crippen LogP contribution in [-0.2, 0) is 14.3 Å². The summed E-state index contributed by atoms with van der Waals surface area (Å²) in [4.78, 5) is 26.7. The van der Waals surface area contributed by atoms with Crippen LogP contribution >= 0.6 is 11.6 Å². The lowest BCUT2D eigenvalue weighted by molar-refractivity contribution is -0.122. The number of anilines is 2. The SMILES string of the molecule is COCCOc1c(Cl)cccc1NC(=O)CCC(=O)N1CCOc2ccccc21. The minimum atomic E-state index is -0.293. The molecule has 29 heavy (non-hydrogen) atoms. The van der Waals surface area contributed by atoms with Crippen LogP contribution in [-0.4, -0.2) is 45.3 Å². The quantitative estimate of drug-likeness (QED) is 0.664. The molecule has 0 aliphatic carbocycles. The van der Waals surface area contributed by atoms with E-state index in [-0.39, 0.29) is 24.7 Å². The number of ether oxygens (including phenoxy) is 3. The number of amides is 2. The second kappa shape index (κ2) is 10.1. The maximum absolute atomic E-state index is 12.6. The number of hydrogen-bond donors (Lipinski definition) is 1. The lowest BCUT2D eigenvalue weighted by Gasteiger charge is -2.29. The topological polar surface area (TPSA) is 77.1 Å². The van der Waals surface area contributed by atoms with Crippen LogP contribution in [0, 0.1) is 0 Å². The summed E-state index contributed by atoms with van der Waals surface area (Å²) in [6.45, 7) is 1.59. The first-order valence-corrected chi connectivity index (χ1v) is 9.70. The molecule has 0 atom stereocenters. The first-order valence-electron chi connectivity index (χ1n) is 9.32. The van der Waals surface area contributed by atoms with E-state index in [1.165, 1.54) is 0 Å². The fraction of sp³-hybridized carbons (Fsp3) is 0.333. The van der Waals surface area contributed by atoms with Crippen molar-refractivity contribution in [1.82, 2.24) is 0 Å². The molecule has 8 heteroatoms. The van der Waals surface area contributed by atoms with Crippen LogP contribution in [0.2, 0.25) is 5.02 Å². The third-order valence-electron chi connectivity index (χ3n) is 4.37. The Morgan fingerprint density at radius 2 is 1.97 bits per heavy atom. The van der Waals surface area contributed by atoms with Gasteiger partial charge in [-0.2, -0.15) is 0 Å². The number of rotatable bonds is 8. The molecule has 2 amide bonds. The molecule has 0 saturated heterocycles. The second-order valence-corrected chi connectivity index (χ2v) is 6.77. The summed E-state index contributed by atoms with van der Waals surface area (Å²) in [7, 11) is 1.57. The molecule has 0 saturated carbocycles. The molecule has 0 fully saturated rings. The van der Waals surface area contributed by atoms with Gasteiger partial charge in [0.15, 0.2) is 5.75 Å². The van der Waals surface area contributed by atoms with E-state index in [4.69, 9.17) is 25.8 Å². The normalized spacial score (nSPS) is 12.7. The van der Waals surface area contributed by atoms with Crippen molar-refractivity contribution < 1.29 is 23.8 Å². The van der Waals surface area contributed by atoms with Crippen LogP contribution in [0.5, 0.6) is 11.5 Å². The highest BCUT2D eigenvalue weighted by molar-refractivity contribution is 6.32. The Morgan fingerprint density at radius 1 is 1.14 bits per heavy atom. The molecular weight excluding hydrogens is 396 g/mol. The summed E-state index contributed by atoms with van der Waals surface area (Å²) in [6, 6.07) is 12.5. The fourth-order valence-corrected chi connectivity index (χ4v) is 3.21. The molecule has 1 aliphatic heterocycles. The zero-order chi connectivity index (χ0) is 20.6. The van der Waals surface area contributed by atoms with E-state index in [1.807, 2.05) is 24.3 Å². The van der Waals surface area contributed by atoms with Crippen molar-refractivity contribution in [1.29, 1.82) is 0 Å². The van der Waals surface area contributed by atoms with Gasteiger partial charge in [-0.25, -0.2) is 0 Å². The molecule has 0 unspecified atom stereocenters. The van der Waals surface area contributed by atoms with Gasteiger partial charge in [-0.05, 0) is 24.3 Å². The van der Waals surface area contributed by atoms with Crippen molar-refractivity contribution in [3.05, 3.63) is 47.5 Å². The predicted octanol–water partition coefficient (Wildman–Crippen LogP) is 3.51. The molecule has 0 spiro atoms. The minimum Gasteiger partial charge on any atom is -0.490 e. The summed E-state index contributed by atoms with van der Waals surface area (Å²) < 4.78 is 16.1. The number of methoxy groups -OCH3 is 1. The average Bonchev–Trinajstić information content (AvgIpc) is 2.73. The van der Waals surface area contributed by atoms with E-state index >= 15 is 0 Å². The Kier molecular flexibility index (Phi) is 7.32. The zero-order valence-corrected chi connectivity index (χ0v) is 16.9. The zero-order valence-electron chi connectivity index (χ0n) is 16.2. The van der Waals surface area contributed by atoms with Crippen LogP contribution < -0.4 is 19.7 Å². The molecule has 1 heterocycles. The number of para-hydroxylation sites is 3. The molecular formula is C21H23ClN2O5. The molecule has 154 valence electrons. The van der Waals surface area contributed by atoms with Crippen LogP contribution in [0.25, 0.3) is 0 Å². The molecule has 1 N–H and O–H groups in total. The second-order valence-electron chi connectivity index (χ2n) is 6.37. The van der Waals surface area contributed by atoms with Crippen molar-refractivity contribution in [3.8, 4) is 11.5 Å². The Hall–Kier alpha value is -2.77. The fourth-order valence-electron chi connectivity index (χ4n) is 2.98. The van der Waals surface area contributed by atoms with Gasteiger partial charge in [0.05, 0.1) is 29.5 Å². The van der Waals surface area contributed by atoms with Gasteiger partial charge in [-0.15, -0.1) is 0 Å². The number of fused-ring (bicyclic) bond motifs is 1. The van der Waals surface area contributed by atoms with E-state index in [1.54, 1.807) is 30.2 Å². The number of carbonyl (C=O) groups excluding carboxylic acids is 2. The predicted molar refractivity (Wildman–Crippen MR) is 111 cm³/mol. The van der Waals surface area contributed by atoms with Gasteiger partial charge in [0, 0.05) is 20.0 Å². The molecule has 0 bridgehead atoms. The Labute approximate surface area is 174 Å². The Morgan fingerprint density at radius 3 is 2.79 bits per heavy atom. The Bertz CT molecular complexity index is 874. The number of carbonyl (C=O) groups is 2. The van der Waals surface area contributed by atoms with Gasteiger partial charge in [0.25, 0.3) is 0 Å². The van der Waals surface area contributed by atoms with E-state index in [0.29, 0.717) is 48.6 Å². The van der Waals surface area contributed by atoms with E-state index < -0.39 is 0 Å². The summed E-state index contributed by atoms with van der Waals surface area (Å²) >= 11 is 6.18. The number of nitrogens with one attached hydrogen (secondary N) is 1. The first kappa shape index (κ1) is 21.0. The smallest absolute Gasteiger partial charge is 0.227 e. The van der Waals surface area contributed by atoms with E-state index in [9.17, 15) is 9.59 Å². The Balaban J connectivity index is 1.58. The number of halogens is 1. The van der Waals surface area contributed by atoms with Gasteiger partial charge >= 0.3 is 0 Å². The third kappa shape index (κ3) is 5.40. The summed E-state index contributed by atoms with van der Waals surface area (Å²) in [6.07, 6.45) is 0.128. The van der Waals surface area contributed by atoms with Crippen molar-refractivity contribution in [2.24, 2.45) is 0 Å². The molecule has 1 aliphatic rings. The molecule has 7 nitrogen and oxygen atoms in total. The van der Waals surface area contributed by atoms with Gasteiger partial charge in [-0.1, -0.05) is 29.8 Å². The first-order chi connectivity index (χ1) is 14.1. The molecule has 2 aromatic carbocycles. The third-order valence-corrected chi connectivity index (χ3v) is 4.67. The highest BCUT2D eigenvalue weighted by Crippen LogP contribution is 2.33. The molecule has 2 aromatic rings. The maximum Gasteiger partial charge on any atom is 0.227 e. The van der Waals surface area contributed by atoms with Gasteiger partial charge in [0.2, 0.25) is 11.8 Å². The minimum absolute atomic E-state index is 0.0440.